The molecular weight excluding hydrogens is 262 g/mol. The van der Waals surface area contributed by atoms with Crippen LogP contribution < -0.4 is 5.32 Å². The molecule has 0 aliphatic rings. The molecule has 5 heteroatoms. The van der Waals surface area contributed by atoms with Crippen LogP contribution in [0.15, 0.2) is 0 Å². The molecule has 19 heavy (non-hydrogen) atoms. The van der Waals surface area contributed by atoms with E-state index >= 15 is 0 Å². The predicted molar refractivity (Wildman–Crippen MR) is 80.5 cm³/mol. The minimum Gasteiger partial charge on any atom is -0.480 e. The Morgan fingerprint density at radius 2 is 1.68 bits per heavy atom. The highest BCUT2D eigenvalue weighted by Crippen LogP contribution is 2.30. The van der Waals surface area contributed by atoms with Gasteiger partial charge in [-0.25, -0.2) is 4.79 Å². The molecule has 0 saturated carbocycles. The van der Waals surface area contributed by atoms with Crippen molar-refractivity contribution in [1.82, 2.24) is 5.32 Å². The SMILES string of the molecule is CCSCCC(NC(=O)C(CC)(CC)CC)C(=O)O. The number of thioether (sulfide) groups is 1. The number of rotatable bonds is 10. The lowest BCUT2D eigenvalue weighted by molar-refractivity contribution is -0.144. The second-order valence-corrected chi connectivity index (χ2v) is 6.08. The van der Waals surface area contributed by atoms with Gasteiger partial charge in [-0.05, 0) is 37.2 Å². The zero-order chi connectivity index (χ0) is 14.9. The highest BCUT2D eigenvalue weighted by molar-refractivity contribution is 7.99. The summed E-state index contributed by atoms with van der Waals surface area (Å²) in [5, 5.41) is 11.9. The van der Waals surface area contributed by atoms with E-state index in [4.69, 9.17) is 0 Å². The van der Waals surface area contributed by atoms with E-state index in [9.17, 15) is 14.7 Å². The summed E-state index contributed by atoms with van der Waals surface area (Å²) in [6, 6.07) is -0.768. The molecule has 112 valence electrons. The van der Waals surface area contributed by atoms with Crippen LogP contribution in [0.5, 0.6) is 0 Å². The third-order valence-corrected chi connectivity index (χ3v) is 4.80. The molecule has 0 bridgehead atoms. The lowest BCUT2D eigenvalue weighted by Crippen LogP contribution is -2.48. The average Bonchev–Trinajstić information content (AvgIpc) is 2.40. The number of carboxylic acid groups (broad SMARTS) is 1. The molecule has 2 N–H and O–H groups in total. The van der Waals surface area contributed by atoms with Crippen molar-refractivity contribution in [3.05, 3.63) is 0 Å². The van der Waals surface area contributed by atoms with E-state index in [1.807, 2.05) is 27.7 Å². The standard InChI is InChI=1S/C14H27NO3S/c1-5-14(6-2,7-3)13(18)15-11(12(16)17)9-10-19-8-4/h11H,5-10H2,1-4H3,(H,15,18)(H,16,17). The maximum atomic E-state index is 12.3. The van der Waals surface area contributed by atoms with Gasteiger partial charge >= 0.3 is 5.97 Å². The van der Waals surface area contributed by atoms with E-state index in [0.29, 0.717) is 6.42 Å². The van der Waals surface area contributed by atoms with Crippen LogP contribution in [-0.2, 0) is 9.59 Å². The van der Waals surface area contributed by atoms with Crippen molar-refractivity contribution in [2.45, 2.75) is 59.4 Å². The average molecular weight is 289 g/mol. The Labute approximate surface area is 120 Å². The molecule has 1 unspecified atom stereocenters. The first-order valence-electron chi connectivity index (χ1n) is 7.08. The molecule has 0 radical (unpaired) electrons. The summed E-state index contributed by atoms with van der Waals surface area (Å²) in [6.45, 7) is 7.98. The summed E-state index contributed by atoms with van der Waals surface area (Å²) in [5.74, 6) is 0.657. The number of amides is 1. The third kappa shape index (κ3) is 5.43. The molecular formula is C14H27NO3S. The van der Waals surface area contributed by atoms with Gasteiger partial charge in [0.05, 0.1) is 0 Å². The molecule has 1 amide bonds. The van der Waals surface area contributed by atoms with Gasteiger partial charge in [0.1, 0.15) is 6.04 Å². The van der Waals surface area contributed by atoms with E-state index in [1.165, 1.54) is 0 Å². The number of aliphatic carboxylic acids is 1. The molecule has 0 rings (SSSR count). The molecule has 0 spiro atoms. The Morgan fingerprint density at radius 3 is 2.05 bits per heavy atom. The van der Waals surface area contributed by atoms with Gasteiger partial charge in [-0.1, -0.05) is 27.7 Å². The monoisotopic (exact) mass is 289 g/mol. The van der Waals surface area contributed by atoms with Crippen molar-refractivity contribution in [1.29, 1.82) is 0 Å². The number of carboxylic acids is 1. The predicted octanol–water partition coefficient (Wildman–Crippen LogP) is 2.92. The summed E-state index contributed by atoms with van der Waals surface area (Å²) in [4.78, 5) is 23.5. The smallest absolute Gasteiger partial charge is 0.326 e. The quantitative estimate of drug-likeness (QED) is 0.607. The van der Waals surface area contributed by atoms with Crippen LogP contribution in [0, 0.1) is 5.41 Å². The van der Waals surface area contributed by atoms with Crippen molar-refractivity contribution in [3.63, 3.8) is 0 Å². The van der Waals surface area contributed by atoms with Gasteiger partial charge in [-0.3, -0.25) is 4.79 Å². The second-order valence-electron chi connectivity index (χ2n) is 4.69. The lowest BCUT2D eigenvalue weighted by atomic mass is 9.78. The summed E-state index contributed by atoms with van der Waals surface area (Å²) in [6.07, 6.45) is 2.69. The fourth-order valence-electron chi connectivity index (χ4n) is 2.15. The molecule has 0 fully saturated rings. The van der Waals surface area contributed by atoms with Crippen LogP contribution in [0.3, 0.4) is 0 Å². The molecule has 4 nitrogen and oxygen atoms in total. The fraction of sp³-hybridized carbons (Fsp3) is 0.857. The van der Waals surface area contributed by atoms with E-state index in [0.717, 1.165) is 30.8 Å². The van der Waals surface area contributed by atoms with Gasteiger partial charge in [-0.15, -0.1) is 0 Å². The van der Waals surface area contributed by atoms with Crippen LogP contribution in [0.1, 0.15) is 53.4 Å². The number of carbonyl (C=O) groups excluding carboxylic acids is 1. The highest BCUT2D eigenvalue weighted by atomic mass is 32.2. The van der Waals surface area contributed by atoms with Crippen LogP contribution in [-0.4, -0.2) is 34.5 Å². The first-order valence-corrected chi connectivity index (χ1v) is 8.24. The minimum atomic E-state index is -0.942. The van der Waals surface area contributed by atoms with Crippen molar-refractivity contribution < 1.29 is 14.7 Å². The summed E-state index contributed by atoms with van der Waals surface area (Å²) in [7, 11) is 0. The number of hydrogen-bond acceptors (Lipinski definition) is 3. The van der Waals surface area contributed by atoms with E-state index in [-0.39, 0.29) is 5.91 Å². The first kappa shape index (κ1) is 18.3. The second kappa shape index (κ2) is 9.23. The summed E-state index contributed by atoms with van der Waals surface area (Å²) in [5.41, 5.74) is -0.425. The highest BCUT2D eigenvalue weighted by Gasteiger charge is 2.35. The van der Waals surface area contributed by atoms with Crippen LogP contribution in [0.2, 0.25) is 0 Å². The number of nitrogens with one attached hydrogen (secondary N) is 1. The Morgan fingerprint density at radius 1 is 1.16 bits per heavy atom. The largest absolute Gasteiger partial charge is 0.480 e. The van der Waals surface area contributed by atoms with E-state index in [1.54, 1.807) is 11.8 Å². The van der Waals surface area contributed by atoms with Crippen molar-refractivity contribution in [3.8, 4) is 0 Å². The molecule has 0 saturated heterocycles. The lowest BCUT2D eigenvalue weighted by Gasteiger charge is -2.30. The summed E-state index contributed by atoms with van der Waals surface area (Å²) < 4.78 is 0. The number of carbonyl (C=O) groups is 2. The molecule has 0 aromatic heterocycles. The van der Waals surface area contributed by atoms with Gasteiger partial charge in [0.2, 0.25) is 5.91 Å². The number of hydrogen-bond donors (Lipinski definition) is 2. The third-order valence-electron chi connectivity index (χ3n) is 3.87. The molecule has 0 aromatic carbocycles. The Bertz CT molecular complexity index is 282. The normalized spacial score (nSPS) is 13.1. The molecule has 0 aromatic rings. The van der Waals surface area contributed by atoms with E-state index in [2.05, 4.69) is 5.32 Å². The summed E-state index contributed by atoms with van der Waals surface area (Å²) >= 11 is 1.69. The molecule has 1 atom stereocenters. The Hall–Kier alpha value is -0.710. The first-order chi connectivity index (χ1) is 8.97. The van der Waals surface area contributed by atoms with Gasteiger partial charge in [-0.2, -0.15) is 11.8 Å². The molecule has 0 heterocycles. The molecule has 0 aliphatic carbocycles. The van der Waals surface area contributed by atoms with Crippen LogP contribution in [0.25, 0.3) is 0 Å². The molecule has 0 aliphatic heterocycles. The Balaban J connectivity index is 4.65. The minimum absolute atomic E-state index is 0.117. The van der Waals surface area contributed by atoms with Gasteiger partial charge in [0.15, 0.2) is 0 Å². The zero-order valence-electron chi connectivity index (χ0n) is 12.5. The zero-order valence-corrected chi connectivity index (χ0v) is 13.3. The van der Waals surface area contributed by atoms with Crippen LogP contribution >= 0.6 is 11.8 Å². The topological polar surface area (TPSA) is 66.4 Å². The van der Waals surface area contributed by atoms with Crippen molar-refractivity contribution in [2.24, 2.45) is 5.41 Å². The van der Waals surface area contributed by atoms with E-state index < -0.39 is 17.4 Å². The van der Waals surface area contributed by atoms with Crippen molar-refractivity contribution >= 4 is 23.6 Å². The van der Waals surface area contributed by atoms with Crippen LogP contribution in [0.4, 0.5) is 0 Å². The Kier molecular flexibility index (Phi) is 8.89. The fourth-order valence-corrected chi connectivity index (χ4v) is 2.84. The maximum absolute atomic E-state index is 12.3. The van der Waals surface area contributed by atoms with Crippen molar-refractivity contribution in [2.75, 3.05) is 11.5 Å². The van der Waals surface area contributed by atoms with Gasteiger partial charge in [0.25, 0.3) is 0 Å². The van der Waals surface area contributed by atoms with Gasteiger partial charge < -0.3 is 10.4 Å². The van der Waals surface area contributed by atoms with Gasteiger partial charge in [0, 0.05) is 5.41 Å². The maximum Gasteiger partial charge on any atom is 0.326 e.